The van der Waals surface area contributed by atoms with E-state index in [1.54, 1.807) is 66.7 Å². The van der Waals surface area contributed by atoms with Gasteiger partial charge in [-0.05, 0) is 60.2 Å². The number of nitrogens with one attached hydrogen (secondary N) is 2. The minimum absolute atomic E-state index is 0.239. The van der Waals surface area contributed by atoms with Gasteiger partial charge in [-0.2, -0.15) is 5.10 Å². The Bertz CT molecular complexity index is 1100. The number of carbonyl (C=O) groups is 3. The molecule has 0 aliphatic carbocycles. The van der Waals surface area contributed by atoms with Crippen molar-refractivity contribution in [3.63, 3.8) is 0 Å². The smallest absolute Gasteiger partial charge is 0.343 e. The highest BCUT2D eigenvalue weighted by atomic mass is 35.5. The second-order valence-electron chi connectivity index (χ2n) is 6.31. The molecule has 0 aliphatic rings. The van der Waals surface area contributed by atoms with E-state index < -0.39 is 17.8 Å². The Morgan fingerprint density at radius 1 is 0.903 bits per heavy atom. The first-order valence-electron chi connectivity index (χ1n) is 9.24. The molecule has 31 heavy (non-hydrogen) atoms. The van der Waals surface area contributed by atoms with Crippen LogP contribution in [0.3, 0.4) is 0 Å². The van der Waals surface area contributed by atoms with Gasteiger partial charge in [-0.3, -0.25) is 9.59 Å². The first-order valence-corrected chi connectivity index (χ1v) is 9.62. The van der Waals surface area contributed by atoms with E-state index in [4.69, 9.17) is 16.3 Å². The molecular weight excluding hydrogens is 418 g/mol. The molecule has 0 unspecified atom stereocenters. The Morgan fingerprint density at radius 2 is 1.61 bits per heavy atom. The number of hydrogen-bond donors (Lipinski definition) is 2. The SMILES string of the molecule is O=C(CNC(=O)c1cccc(Cl)c1)N/N=C/c1ccc(OC(=O)c2ccccc2)cc1. The molecule has 0 aromatic heterocycles. The van der Waals surface area contributed by atoms with Gasteiger partial charge in [0, 0.05) is 10.6 Å². The van der Waals surface area contributed by atoms with Crippen LogP contribution in [0.4, 0.5) is 0 Å². The molecule has 0 saturated carbocycles. The van der Waals surface area contributed by atoms with E-state index in [2.05, 4.69) is 15.8 Å². The lowest BCUT2D eigenvalue weighted by Crippen LogP contribution is -2.34. The van der Waals surface area contributed by atoms with Crippen LogP contribution in [0, 0.1) is 0 Å². The van der Waals surface area contributed by atoms with Crippen LogP contribution in [0.15, 0.2) is 84.0 Å². The lowest BCUT2D eigenvalue weighted by molar-refractivity contribution is -0.120. The van der Waals surface area contributed by atoms with Crippen LogP contribution in [0.25, 0.3) is 0 Å². The molecule has 0 aliphatic heterocycles. The molecule has 2 amide bonds. The summed E-state index contributed by atoms with van der Waals surface area (Å²) in [4.78, 5) is 35.8. The normalized spacial score (nSPS) is 10.5. The third-order valence-electron chi connectivity index (χ3n) is 4.00. The fraction of sp³-hybridized carbons (Fsp3) is 0.0435. The van der Waals surface area contributed by atoms with Gasteiger partial charge in [0.1, 0.15) is 5.75 Å². The number of hydrogen-bond acceptors (Lipinski definition) is 5. The number of ether oxygens (including phenoxy) is 1. The zero-order valence-electron chi connectivity index (χ0n) is 16.2. The van der Waals surface area contributed by atoms with Crippen molar-refractivity contribution < 1.29 is 19.1 Å². The summed E-state index contributed by atoms with van der Waals surface area (Å²) in [5, 5.41) is 6.75. The molecule has 0 radical (unpaired) electrons. The van der Waals surface area contributed by atoms with Crippen molar-refractivity contribution in [2.45, 2.75) is 0 Å². The summed E-state index contributed by atoms with van der Waals surface area (Å²) in [6, 6.07) is 21.7. The maximum Gasteiger partial charge on any atom is 0.343 e. The summed E-state index contributed by atoms with van der Waals surface area (Å²) < 4.78 is 5.29. The van der Waals surface area contributed by atoms with E-state index in [1.165, 1.54) is 12.3 Å². The van der Waals surface area contributed by atoms with Crippen LogP contribution in [0.1, 0.15) is 26.3 Å². The molecule has 0 saturated heterocycles. The van der Waals surface area contributed by atoms with Crippen molar-refractivity contribution in [3.05, 3.63) is 101 Å². The predicted octanol–water partition coefficient (Wildman–Crippen LogP) is 3.44. The monoisotopic (exact) mass is 435 g/mol. The molecule has 0 bridgehead atoms. The van der Waals surface area contributed by atoms with Crippen molar-refractivity contribution in [2.24, 2.45) is 5.10 Å². The second kappa shape index (κ2) is 10.7. The second-order valence-corrected chi connectivity index (χ2v) is 6.75. The molecule has 156 valence electrons. The summed E-state index contributed by atoms with van der Waals surface area (Å²) >= 11 is 5.84. The molecule has 0 atom stereocenters. The van der Waals surface area contributed by atoms with Crippen molar-refractivity contribution in [2.75, 3.05) is 6.54 Å². The minimum atomic E-state index is -0.486. The van der Waals surface area contributed by atoms with E-state index in [1.807, 2.05) is 6.07 Å². The first-order chi connectivity index (χ1) is 15.0. The van der Waals surface area contributed by atoms with Gasteiger partial charge in [0.2, 0.25) is 0 Å². The summed E-state index contributed by atoms with van der Waals surface area (Å²) in [6.07, 6.45) is 1.43. The third kappa shape index (κ3) is 6.80. The standard InChI is InChI=1S/C23H18ClN3O4/c24-19-8-4-7-18(13-19)22(29)25-15-21(28)27-26-14-16-9-11-20(12-10-16)31-23(30)17-5-2-1-3-6-17/h1-14H,15H2,(H,25,29)(H,27,28)/b26-14+. The van der Waals surface area contributed by atoms with Crippen LogP contribution in [-0.2, 0) is 4.79 Å². The number of esters is 1. The topological polar surface area (TPSA) is 96.9 Å². The van der Waals surface area contributed by atoms with Gasteiger partial charge in [-0.15, -0.1) is 0 Å². The highest BCUT2D eigenvalue weighted by Crippen LogP contribution is 2.13. The van der Waals surface area contributed by atoms with E-state index in [9.17, 15) is 14.4 Å². The maximum absolute atomic E-state index is 12.0. The fourth-order valence-electron chi connectivity index (χ4n) is 2.47. The average Bonchev–Trinajstić information content (AvgIpc) is 2.79. The third-order valence-corrected chi connectivity index (χ3v) is 4.23. The summed E-state index contributed by atoms with van der Waals surface area (Å²) in [6.45, 7) is -0.239. The van der Waals surface area contributed by atoms with Crippen molar-refractivity contribution in [1.29, 1.82) is 0 Å². The van der Waals surface area contributed by atoms with Crippen LogP contribution >= 0.6 is 11.6 Å². The largest absolute Gasteiger partial charge is 0.423 e. The number of nitrogens with zero attached hydrogens (tertiary/aromatic N) is 1. The first kappa shape index (κ1) is 21.7. The molecule has 7 nitrogen and oxygen atoms in total. The molecule has 3 aromatic rings. The van der Waals surface area contributed by atoms with E-state index in [0.29, 0.717) is 27.5 Å². The summed E-state index contributed by atoms with van der Waals surface area (Å²) in [5.74, 6) is -0.963. The number of halogens is 1. The number of carbonyl (C=O) groups excluding carboxylic acids is 3. The van der Waals surface area contributed by atoms with Gasteiger partial charge in [-0.25, -0.2) is 10.2 Å². The van der Waals surface area contributed by atoms with Crippen LogP contribution in [-0.4, -0.2) is 30.5 Å². The molecule has 3 rings (SSSR count). The van der Waals surface area contributed by atoms with Gasteiger partial charge in [-0.1, -0.05) is 35.9 Å². The molecule has 3 aromatic carbocycles. The van der Waals surface area contributed by atoms with Gasteiger partial charge in [0.15, 0.2) is 0 Å². The summed E-state index contributed by atoms with van der Waals surface area (Å²) in [7, 11) is 0. The van der Waals surface area contributed by atoms with Crippen LogP contribution in [0.2, 0.25) is 5.02 Å². The van der Waals surface area contributed by atoms with Crippen LogP contribution in [0.5, 0.6) is 5.75 Å². The molecule has 0 fully saturated rings. The Balaban J connectivity index is 1.44. The Morgan fingerprint density at radius 3 is 2.32 bits per heavy atom. The number of benzene rings is 3. The lowest BCUT2D eigenvalue weighted by atomic mass is 10.2. The highest BCUT2D eigenvalue weighted by molar-refractivity contribution is 6.31. The van der Waals surface area contributed by atoms with Gasteiger partial charge in [0.25, 0.3) is 11.8 Å². The van der Waals surface area contributed by atoms with E-state index in [-0.39, 0.29) is 6.54 Å². The maximum atomic E-state index is 12.0. The molecule has 0 spiro atoms. The fourth-order valence-corrected chi connectivity index (χ4v) is 2.66. The van der Waals surface area contributed by atoms with Crippen molar-refractivity contribution in [1.82, 2.24) is 10.7 Å². The molecule has 2 N–H and O–H groups in total. The predicted molar refractivity (Wildman–Crippen MR) is 117 cm³/mol. The van der Waals surface area contributed by atoms with Crippen molar-refractivity contribution >= 4 is 35.6 Å². The van der Waals surface area contributed by atoms with Crippen LogP contribution < -0.4 is 15.5 Å². The molecule has 8 heteroatoms. The zero-order valence-corrected chi connectivity index (χ0v) is 17.0. The highest BCUT2D eigenvalue weighted by Gasteiger charge is 2.08. The number of hydrazone groups is 1. The van der Waals surface area contributed by atoms with E-state index in [0.717, 1.165) is 0 Å². The Labute approximate surface area is 183 Å². The number of amides is 2. The Hall–Kier alpha value is -3.97. The lowest BCUT2D eigenvalue weighted by Gasteiger charge is -2.05. The summed E-state index contributed by atoms with van der Waals surface area (Å²) in [5.41, 5.74) is 3.82. The van der Waals surface area contributed by atoms with Gasteiger partial charge in [0.05, 0.1) is 18.3 Å². The van der Waals surface area contributed by atoms with E-state index >= 15 is 0 Å². The molecular formula is C23H18ClN3O4. The Kier molecular flexibility index (Phi) is 7.50. The number of rotatable bonds is 7. The molecule has 0 heterocycles. The van der Waals surface area contributed by atoms with Gasteiger partial charge < -0.3 is 10.1 Å². The minimum Gasteiger partial charge on any atom is -0.423 e. The van der Waals surface area contributed by atoms with Gasteiger partial charge >= 0.3 is 5.97 Å². The quantitative estimate of drug-likeness (QED) is 0.257. The van der Waals surface area contributed by atoms with Crippen molar-refractivity contribution in [3.8, 4) is 5.75 Å². The average molecular weight is 436 g/mol. The zero-order chi connectivity index (χ0) is 22.1.